The van der Waals surface area contributed by atoms with E-state index in [1.807, 2.05) is 24.3 Å². The van der Waals surface area contributed by atoms with Crippen LogP contribution in [0.2, 0.25) is 0 Å². The van der Waals surface area contributed by atoms with Crippen molar-refractivity contribution in [2.75, 3.05) is 14.2 Å². The van der Waals surface area contributed by atoms with Crippen LogP contribution in [0, 0.1) is 0 Å². The molecule has 21 heavy (non-hydrogen) atoms. The predicted molar refractivity (Wildman–Crippen MR) is 82.6 cm³/mol. The monoisotopic (exact) mass is 299 g/mol. The normalized spacial score (nSPS) is 10.6. The molecule has 0 aliphatic carbocycles. The van der Waals surface area contributed by atoms with Crippen LogP contribution in [-0.2, 0) is 0 Å². The van der Waals surface area contributed by atoms with Crippen molar-refractivity contribution in [1.82, 2.24) is 4.98 Å². The van der Waals surface area contributed by atoms with Gasteiger partial charge in [-0.2, -0.15) is 0 Å². The van der Waals surface area contributed by atoms with Gasteiger partial charge in [-0.25, -0.2) is 4.98 Å². The lowest BCUT2D eigenvalue weighted by atomic mass is 10.1. The van der Waals surface area contributed by atoms with Gasteiger partial charge in [-0.1, -0.05) is 12.1 Å². The molecule has 0 radical (unpaired) electrons. The Morgan fingerprint density at radius 1 is 1.10 bits per heavy atom. The summed E-state index contributed by atoms with van der Waals surface area (Å²) in [5, 5.41) is 0.458. The van der Waals surface area contributed by atoms with Gasteiger partial charge >= 0.3 is 0 Å². The quantitative estimate of drug-likeness (QED) is 0.691. The van der Waals surface area contributed by atoms with Crippen molar-refractivity contribution in [2.45, 2.75) is 0 Å². The van der Waals surface area contributed by atoms with Gasteiger partial charge in [0.25, 0.3) is 0 Å². The summed E-state index contributed by atoms with van der Waals surface area (Å²) in [7, 11) is 3.10. The Morgan fingerprint density at radius 3 is 2.62 bits per heavy atom. The molecule has 5 heteroatoms. The number of methoxy groups -OCH3 is 2. The fraction of sp³-hybridized carbons (Fsp3) is 0.125. The second kappa shape index (κ2) is 5.54. The van der Waals surface area contributed by atoms with E-state index in [9.17, 15) is 4.79 Å². The molecule has 0 fully saturated rings. The third-order valence-electron chi connectivity index (χ3n) is 3.14. The minimum absolute atomic E-state index is 0.143. The fourth-order valence-corrected chi connectivity index (χ4v) is 2.99. The van der Waals surface area contributed by atoms with Gasteiger partial charge in [0.1, 0.15) is 11.5 Å². The Balaban J connectivity index is 2.05. The maximum atomic E-state index is 12.6. The van der Waals surface area contributed by atoms with Gasteiger partial charge in [-0.3, -0.25) is 4.79 Å². The minimum Gasteiger partial charge on any atom is -0.497 e. The van der Waals surface area contributed by atoms with E-state index in [0.717, 1.165) is 10.2 Å². The molecule has 0 aliphatic rings. The molecule has 0 N–H and O–H groups in total. The number of rotatable bonds is 4. The maximum Gasteiger partial charge on any atom is 0.225 e. The number of nitrogens with zero attached hydrogens (tertiary/aromatic N) is 1. The van der Waals surface area contributed by atoms with E-state index in [1.165, 1.54) is 18.4 Å². The van der Waals surface area contributed by atoms with E-state index in [2.05, 4.69) is 4.98 Å². The molecule has 1 aromatic heterocycles. The second-order valence-corrected chi connectivity index (χ2v) is 5.41. The molecule has 2 aromatic carbocycles. The van der Waals surface area contributed by atoms with Gasteiger partial charge in [0, 0.05) is 6.07 Å². The van der Waals surface area contributed by atoms with Crippen molar-refractivity contribution in [3.8, 4) is 11.5 Å². The molecule has 1 heterocycles. The Labute approximate surface area is 126 Å². The number of carbonyl (C=O) groups excluding carboxylic acids is 1. The van der Waals surface area contributed by atoms with Crippen LogP contribution in [0.1, 0.15) is 15.4 Å². The van der Waals surface area contributed by atoms with Gasteiger partial charge in [-0.05, 0) is 24.3 Å². The molecule has 0 unspecified atom stereocenters. The second-order valence-electron chi connectivity index (χ2n) is 4.38. The van der Waals surface area contributed by atoms with Gasteiger partial charge in [-0.15, -0.1) is 11.3 Å². The molecular formula is C16H13NO3S. The molecule has 3 aromatic rings. The Morgan fingerprint density at radius 2 is 1.90 bits per heavy atom. The smallest absolute Gasteiger partial charge is 0.225 e. The van der Waals surface area contributed by atoms with Crippen LogP contribution in [0.3, 0.4) is 0 Å². The van der Waals surface area contributed by atoms with Crippen molar-refractivity contribution in [3.63, 3.8) is 0 Å². The van der Waals surface area contributed by atoms with Crippen molar-refractivity contribution in [1.29, 1.82) is 0 Å². The molecule has 0 spiro atoms. The Kier molecular flexibility index (Phi) is 3.58. The summed E-state index contributed by atoms with van der Waals surface area (Å²) in [5.74, 6) is 0.988. The fourth-order valence-electron chi connectivity index (χ4n) is 2.07. The summed E-state index contributed by atoms with van der Waals surface area (Å²) in [6.07, 6.45) is 0. The highest BCUT2D eigenvalue weighted by Gasteiger charge is 2.19. The van der Waals surface area contributed by atoms with Crippen LogP contribution in [0.15, 0.2) is 42.5 Å². The van der Waals surface area contributed by atoms with Gasteiger partial charge in [0.15, 0.2) is 5.01 Å². The van der Waals surface area contributed by atoms with E-state index in [4.69, 9.17) is 9.47 Å². The number of ether oxygens (including phenoxy) is 2. The molecule has 106 valence electrons. The molecule has 0 atom stereocenters. The third-order valence-corrected chi connectivity index (χ3v) is 4.18. The largest absolute Gasteiger partial charge is 0.497 e. The highest BCUT2D eigenvalue weighted by molar-refractivity contribution is 7.20. The number of fused-ring (bicyclic) bond motifs is 1. The molecule has 0 saturated carbocycles. The zero-order chi connectivity index (χ0) is 14.8. The number of hydrogen-bond acceptors (Lipinski definition) is 5. The molecule has 0 saturated heterocycles. The first-order chi connectivity index (χ1) is 10.2. The summed E-state index contributed by atoms with van der Waals surface area (Å²) >= 11 is 1.38. The third kappa shape index (κ3) is 2.48. The number of benzene rings is 2. The van der Waals surface area contributed by atoms with Crippen molar-refractivity contribution < 1.29 is 14.3 Å². The average molecular weight is 299 g/mol. The first-order valence-corrected chi connectivity index (χ1v) is 7.17. The maximum absolute atomic E-state index is 12.6. The van der Waals surface area contributed by atoms with Crippen molar-refractivity contribution in [2.24, 2.45) is 0 Å². The molecule has 0 bridgehead atoms. The van der Waals surface area contributed by atoms with E-state index < -0.39 is 0 Å². The molecule has 0 aliphatic heterocycles. The number of carbonyl (C=O) groups is 1. The van der Waals surface area contributed by atoms with Crippen molar-refractivity contribution in [3.05, 3.63) is 53.0 Å². The minimum atomic E-state index is -0.143. The van der Waals surface area contributed by atoms with E-state index in [-0.39, 0.29) is 5.78 Å². The SMILES string of the molecule is COc1ccc(C(=O)c2nc3ccccc3s2)c(OC)c1. The van der Waals surface area contributed by atoms with Gasteiger partial charge in [0.05, 0.1) is 30.0 Å². The summed E-state index contributed by atoms with van der Waals surface area (Å²) in [5.41, 5.74) is 1.32. The van der Waals surface area contributed by atoms with Crippen LogP contribution < -0.4 is 9.47 Å². The number of hydrogen-bond donors (Lipinski definition) is 0. The Hall–Kier alpha value is -2.40. The lowest BCUT2D eigenvalue weighted by Gasteiger charge is -2.08. The number of thiazole rings is 1. The summed E-state index contributed by atoms with van der Waals surface area (Å²) in [6, 6.07) is 12.8. The van der Waals surface area contributed by atoms with E-state index in [0.29, 0.717) is 22.1 Å². The molecular weight excluding hydrogens is 286 g/mol. The standard InChI is InChI=1S/C16H13NO3S/c1-19-10-7-8-11(13(9-10)20-2)15(18)16-17-12-5-3-4-6-14(12)21-16/h3-9H,1-2H3. The highest BCUT2D eigenvalue weighted by atomic mass is 32.1. The number of ketones is 1. The van der Waals surface area contributed by atoms with Gasteiger partial charge in [0.2, 0.25) is 5.78 Å². The predicted octanol–water partition coefficient (Wildman–Crippen LogP) is 3.54. The van der Waals surface area contributed by atoms with Crippen molar-refractivity contribution >= 4 is 27.3 Å². The van der Waals surface area contributed by atoms with E-state index in [1.54, 1.807) is 25.3 Å². The summed E-state index contributed by atoms with van der Waals surface area (Å²) < 4.78 is 11.4. The van der Waals surface area contributed by atoms with Gasteiger partial charge < -0.3 is 9.47 Å². The highest BCUT2D eigenvalue weighted by Crippen LogP contribution is 2.29. The lowest BCUT2D eigenvalue weighted by Crippen LogP contribution is -2.03. The van der Waals surface area contributed by atoms with Crippen LogP contribution in [0.25, 0.3) is 10.2 Å². The number of aromatic nitrogens is 1. The topological polar surface area (TPSA) is 48.4 Å². The van der Waals surface area contributed by atoms with Crippen LogP contribution >= 0.6 is 11.3 Å². The van der Waals surface area contributed by atoms with Crippen LogP contribution in [-0.4, -0.2) is 25.0 Å². The van der Waals surface area contributed by atoms with Crippen LogP contribution in [0.4, 0.5) is 0 Å². The first-order valence-electron chi connectivity index (χ1n) is 6.35. The first kappa shape index (κ1) is 13.6. The summed E-state index contributed by atoms with van der Waals surface area (Å²) in [4.78, 5) is 17.0. The average Bonchev–Trinajstić information content (AvgIpc) is 2.97. The molecule has 0 amide bonds. The molecule has 4 nitrogen and oxygen atoms in total. The summed E-state index contributed by atoms with van der Waals surface area (Å²) in [6.45, 7) is 0. The Bertz CT molecular complexity index is 777. The van der Waals surface area contributed by atoms with E-state index >= 15 is 0 Å². The lowest BCUT2D eigenvalue weighted by molar-refractivity contribution is 0.103. The zero-order valence-corrected chi connectivity index (χ0v) is 12.4. The van der Waals surface area contributed by atoms with Crippen LogP contribution in [0.5, 0.6) is 11.5 Å². The molecule has 3 rings (SSSR count). The zero-order valence-electron chi connectivity index (χ0n) is 11.6. The number of para-hydroxylation sites is 1.